The van der Waals surface area contributed by atoms with Gasteiger partial charge in [-0.05, 0) is 18.2 Å². The number of ether oxygens (including phenoxy) is 2. The van der Waals surface area contributed by atoms with Crippen LogP contribution in [0, 0.1) is 5.82 Å². The summed E-state index contributed by atoms with van der Waals surface area (Å²) in [5.74, 6) is 0.0413. The van der Waals surface area contributed by atoms with Crippen LogP contribution in [0.5, 0.6) is 5.75 Å². The zero-order chi connectivity index (χ0) is 9.68. The first kappa shape index (κ1) is 9.95. The van der Waals surface area contributed by atoms with E-state index in [0.29, 0.717) is 11.3 Å². The number of rotatable bonds is 4. The van der Waals surface area contributed by atoms with Gasteiger partial charge in [0.2, 0.25) is 0 Å². The zero-order valence-corrected chi connectivity index (χ0v) is 7.29. The molecule has 3 nitrogen and oxygen atoms in total. The summed E-state index contributed by atoms with van der Waals surface area (Å²) in [6.07, 6.45) is 0. The fourth-order valence-corrected chi connectivity index (χ4v) is 0.935. The van der Waals surface area contributed by atoms with Crippen molar-refractivity contribution in [2.75, 3.05) is 13.9 Å². The van der Waals surface area contributed by atoms with Gasteiger partial charge in [0.05, 0.1) is 6.61 Å². The Bertz CT molecular complexity index is 276. The van der Waals surface area contributed by atoms with Crippen LogP contribution >= 0.6 is 0 Å². The number of aliphatic hydroxyl groups excluding tert-OH is 1. The second-order valence-electron chi connectivity index (χ2n) is 2.46. The highest BCUT2D eigenvalue weighted by atomic mass is 19.1. The highest BCUT2D eigenvalue weighted by Crippen LogP contribution is 2.19. The van der Waals surface area contributed by atoms with Crippen LogP contribution in [0.2, 0.25) is 0 Å². The quantitative estimate of drug-likeness (QED) is 0.720. The first-order chi connectivity index (χ1) is 6.27. The van der Waals surface area contributed by atoms with E-state index >= 15 is 0 Å². The van der Waals surface area contributed by atoms with Gasteiger partial charge >= 0.3 is 0 Å². The van der Waals surface area contributed by atoms with E-state index in [0.717, 1.165) is 0 Å². The van der Waals surface area contributed by atoms with Crippen molar-refractivity contribution in [3.8, 4) is 5.75 Å². The number of halogens is 1. The van der Waals surface area contributed by atoms with Crippen LogP contribution in [0.4, 0.5) is 4.39 Å². The van der Waals surface area contributed by atoms with E-state index in [4.69, 9.17) is 9.84 Å². The standard InChI is InChI=1S/C9H11FO3/c1-12-6-13-9-3-2-8(10)4-7(9)5-11/h2-4,11H,5-6H2,1H3. The predicted octanol–water partition coefficient (Wildman–Crippen LogP) is 1.30. The molecule has 13 heavy (non-hydrogen) atoms. The maximum absolute atomic E-state index is 12.7. The molecule has 0 aliphatic heterocycles. The molecule has 1 N–H and O–H groups in total. The largest absolute Gasteiger partial charge is 0.467 e. The Labute approximate surface area is 75.7 Å². The Morgan fingerprint density at radius 2 is 2.23 bits per heavy atom. The lowest BCUT2D eigenvalue weighted by atomic mass is 10.2. The fourth-order valence-electron chi connectivity index (χ4n) is 0.935. The lowest BCUT2D eigenvalue weighted by Gasteiger charge is -2.08. The molecule has 0 saturated carbocycles. The smallest absolute Gasteiger partial charge is 0.188 e. The summed E-state index contributed by atoms with van der Waals surface area (Å²) in [6, 6.07) is 3.95. The summed E-state index contributed by atoms with van der Waals surface area (Å²) >= 11 is 0. The Kier molecular flexibility index (Phi) is 3.67. The second-order valence-corrected chi connectivity index (χ2v) is 2.46. The molecule has 0 atom stereocenters. The van der Waals surface area contributed by atoms with Gasteiger partial charge in [-0.25, -0.2) is 4.39 Å². The van der Waals surface area contributed by atoms with Crippen LogP contribution in [-0.4, -0.2) is 19.0 Å². The minimum atomic E-state index is -0.395. The molecule has 4 heteroatoms. The lowest BCUT2D eigenvalue weighted by Crippen LogP contribution is -2.02. The topological polar surface area (TPSA) is 38.7 Å². The van der Waals surface area contributed by atoms with E-state index in [9.17, 15) is 4.39 Å². The summed E-state index contributed by atoms with van der Waals surface area (Å²) in [5.41, 5.74) is 0.414. The maximum Gasteiger partial charge on any atom is 0.188 e. The number of aliphatic hydroxyl groups is 1. The minimum Gasteiger partial charge on any atom is -0.467 e. The summed E-state index contributed by atoms with van der Waals surface area (Å²) < 4.78 is 22.4. The molecule has 1 rings (SSSR count). The van der Waals surface area contributed by atoms with Crippen molar-refractivity contribution in [1.82, 2.24) is 0 Å². The van der Waals surface area contributed by atoms with Gasteiger partial charge in [-0.1, -0.05) is 0 Å². The molecule has 0 aliphatic rings. The Balaban J connectivity index is 2.79. The number of methoxy groups -OCH3 is 1. The number of benzene rings is 1. The zero-order valence-electron chi connectivity index (χ0n) is 7.29. The Hall–Kier alpha value is -1.13. The van der Waals surface area contributed by atoms with Gasteiger partial charge in [0.15, 0.2) is 6.79 Å². The summed E-state index contributed by atoms with van der Waals surface area (Å²) in [7, 11) is 1.49. The van der Waals surface area contributed by atoms with Gasteiger partial charge in [0.25, 0.3) is 0 Å². The third kappa shape index (κ3) is 2.68. The van der Waals surface area contributed by atoms with E-state index in [-0.39, 0.29) is 13.4 Å². The highest BCUT2D eigenvalue weighted by Gasteiger charge is 2.03. The minimum absolute atomic E-state index is 0.0820. The maximum atomic E-state index is 12.7. The summed E-state index contributed by atoms with van der Waals surface area (Å²) in [6.45, 7) is -0.171. The molecule has 0 unspecified atom stereocenters. The molecule has 0 aliphatic carbocycles. The normalized spacial score (nSPS) is 10.1. The number of hydrogen-bond donors (Lipinski definition) is 1. The molecule has 72 valence electrons. The van der Waals surface area contributed by atoms with Crippen molar-refractivity contribution < 1.29 is 19.0 Å². The van der Waals surface area contributed by atoms with Gasteiger partial charge in [-0.2, -0.15) is 0 Å². The van der Waals surface area contributed by atoms with Crippen molar-refractivity contribution >= 4 is 0 Å². The Morgan fingerprint density at radius 3 is 2.85 bits per heavy atom. The van der Waals surface area contributed by atoms with Crippen LogP contribution in [-0.2, 0) is 11.3 Å². The molecule has 0 saturated heterocycles. The van der Waals surface area contributed by atoms with Crippen molar-refractivity contribution in [3.63, 3.8) is 0 Å². The van der Waals surface area contributed by atoms with Crippen molar-refractivity contribution in [2.45, 2.75) is 6.61 Å². The van der Waals surface area contributed by atoms with Gasteiger partial charge in [-0.3, -0.25) is 0 Å². The molecule has 0 amide bonds. The average Bonchev–Trinajstić information content (AvgIpc) is 2.16. The van der Waals surface area contributed by atoms with E-state index in [1.807, 2.05) is 0 Å². The second kappa shape index (κ2) is 4.79. The number of hydrogen-bond acceptors (Lipinski definition) is 3. The molecule has 1 aromatic rings. The van der Waals surface area contributed by atoms with Crippen molar-refractivity contribution in [2.24, 2.45) is 0 Å². The van der Waals surface area contributed by atoms with Crippen LogP contribution < -0.4 is 4.74 Å². The van der Waals surface area contributed by atoms with Crippen molar-refractivity contribution in [1.29, 1.82) is 0 Å². The molecular formula is C9H11FO3. The average molecular weight is 186 g/mol. The van der Waals surface area contributed by atoms with E-state index in [1.54, 1.807) is 0 Å². The van der Waals surface area contributed by atoms with E-state index in [2.05, 4.69) is 4.74 Å². The Morgan fingerprint density at radius 1 is 1.46 bits per heavy atom. The molecule has 0 spiro atoms. The molecule has 0 bridgehead atoms. The SMILES string of the molecule is COCOc1ccc(F)cc1CO. The summed E-state index contributed by atoms with van der Waals surface area (Å²) in [4.78, 5) is 0. The summed E-state index contributed by atoms with van der Waals surface area (Å²) in [5, 5.41) is 8.85. The van der Waals surface area contributed by atoms with Crippen molar-refractivity contribution in [3.05, 3.63) is 29.6 Å². The molecule has 0 aromatic heterocycles. The van der Waals surface area contributed by atoms with Crippen LogP contribution in [0.3, 0.4) is 0 Å². The molecule has 0 heterocycles. The van der Waals surface area contributed by atoms with Crippen LogP contribution in [0.1, 0.15) is 5.56 Å². The van der Waals surface area contributed by atoms with Gasteiger partial charge in [0, 0.05) is 12.7 Å². The van der Waals surface area contributed by atoms with Crippen LogP contribution in [0.15, 0.2) is 18.2 Å². The lowest BCUT2D eigenvalue weighted by molar-refractivity contribution is 0.0494. The van der Waals surface area contributed by atoms with Gasteiger partial charge in [0.1, 0.15) is 11.6 Å². The fraction of sp³-hybridized carbons (Fsp3) is 0.333. The first-order valence-electron chi connectivity index (χ1n) is 3.79. The van der Waals surface area contributed by atoms with E-state index < -0.39 is 5.82 Å². The molecular weight excluding hydrogens is 175 g/mol. The third-order valence-corrected chi connectivity index (χ3v) is 1.53. The molecule has 0 fully saturated rings. The first-order valence-corrected chi connectivity index (χ1v) is 3.79. The van der Waals surface area contributed by atoms with Crippen LogP contribution in [0.25, 0.3) is 0 Å². The van der Waals surface area contributed by atoms with Gasteiger partial charge in [-0.15, -0.1) is 0 Å². The predicted molar refractivity (Wildman–Crippen MR) is 44.8 cm³/mol. The van der Waals surface area contributed by atoms with E-state index in [1.165, 1.54) is 25.3 Å². The van der Waals surface area contributed by atoms with Gasteiger partial charge < -0.3 is 14.6 Å². The highest BCUT2D eigenvalue weighted by molar-refractivity contribution is 5.33. The molecule has 1 aromatic carbocycles. The third-order valence-electron chi connectivity index (χ3n) is 1.53. The monoisotopic (exact) mass is 186 g/mol. The molecule has 0 radical (unpaired) electrons.